The fraction of sp³-hybridized carbons (Fsp3) is 0.533. The van der Waals surface area contributed by atoms with E-state index < -0.39 is 0 Å². The van der Waals surface area contributed by atoms with Gasteiger partial charge in [-0.05, 0) is 30.5 Å². The Balaban J connectivity index is 2.45. The molecule has 0 amide bonds. The van der Waals surface area contributed by atoms with Crippen LogP contribution in [0.3, 0.4) is 0 Å². The Hall–Kier alpha value is -1.39. The lowest BCUT2D eigenvalue weighted by Gasteiger charge is -2.11. The van der Waals surface area contributed by atoms with E-state index >= 15 is 0 Å². The van der Waals surface area contributed by atoms with Crippen molar-refractivity contribution in [2.75, 3.05) is 6.61 Å². The second-order valence-corrected chi connectivity index (χ2v) is 5.20. The predicted molar refractivity (Wildman–Crippen MR) is 77.8 cm³/mol. The van der Waals surface area contributed by atoms with Crippen LogP contribution in [0.5, 0.6) is 0 Å². The zero-order valence-corrected chi connectivity index (χ0v) is 12.0. The Bertz CT molecular complexity index is 546. The predicted octanol–water partition coefficient (Wildman–Crippen LogP) is 2.69. The van der Waals surface area contributed by atoms with Crippen molar-refractivity contribution >= 4 is 11.0 Å². The molecule has 0 atom stereocenters. The van der Waals surface area contributed by atoms with Crippen LogP contribution in [0.1, 0.15) is 32.2 Å². The minimum atomic E-state index is 0.549. The number of rotatable bonds is 6. The largest absolute Gasteiger partial charge is 0.374 e. The van der Waals surface area contributed by atoms with E-state index in [0.29, 0.717) is 25.7 Å². The van der Waals surface area contributed by atoms with E-state index in [1.807, 2.05) is 6.92 Å². The van der Waals surface area contributed by atoms with E-state index in [2.05, 4.69) is 36.6 Å². The van der Waals surface area contributed by atoms with Gasteiger partial charge in [0.1, 0.15) is 12.4 Å². The maximum atomic E-state index is 5.69. The zero-order valence-electron chi connectivity index (χ0n) is 12.0. The molecule has 2 rings (SSSR count). The molecule has 19 heavy (non-hydrogen) atoms. The number of aromatic nitrogens is 2. The molecule has 0 unspecified atom stereocenters. The summed E-state index contributed by atoms with van der Waals surface area (Å²) in [5.74, 6) is 1.58. The number of ether oxygens (including phenoxy) is 1. The third kappa shape index (κ3) is 3.14. The van der Waals surface area contributed by atoms with Crippen molar-refractivity contribution in [1.82, 2.24) is 9.55 Å². The van der Waals surface area contributed by atoms with Gasteiger partial charge in [-0.2, -0.15) is 0 Å². The van der Waals surface area contributed by atoms with E-state index in [0.717, 1.165) is 23.4 Å². The normalized spacial score (nSPS) is 11.6. The number of imidazole rings is 1. The molecule has 2 aromatic rings. The van der Waals surface area contributed by atoms with Crippen LogP contribution in [0.4, 0.5) is 0 Å². The summed E-state index contributed by atoms with van der Waals surface area (Å²) in [6.07, 6.45) is 0. The molecule has 0 aliphatic heterocycles. The molecule has 0 saturated carbocycles. The van der Waals surface area contributed by atoms with Crippen LogP contribution in [-0.2, 0) is 24.4 Å². The maximum absolute atomic E-state index is 5.69. The molecular formula is C15H23N3O. The van der Waals surface area contributed by atoms with Crippen LogP contribution in [0, 0.1) is 5.92 Å². The summed E-state index contributed by atoms with van der Waals surface area (Å²) in [5.41, 5.74) is 8.98. The number of nitrogens with zero attached hydrogens (tertiary/aromatic N) is 2. The molecule has 0 saturated heterocycles. The van der Waals surface area contributed by atoms with E-state index in [4.69, 9.17) is 15.5 Å². The molecular weight excluding hydrogens is 238 g/mol. The smallest absolute Gasteiger partial charge is 0.135 e. The summed E-state index contributed by atoms with van der Waals surface area (Å²) in [6, 6.07) is 6.26. The Labute approximate surface area is 114 Å². The molecule has 0 radical (unpaired) electrons. The fourth-order valence-corrected chi connectivity index (χ4v) is 2.22. The molecule has 0 aliphatic rings. The highest BCUT2D eigenvalue weighted by molar-refractivity contribution is 5.77. The van der Waals surface area contributed by atoms with Crippen molar-refractivity contribution in [3.63, 3.8) is 0 Å². The molecule has 104 valence electrons. The third-order valence-electron chi connectivity index (χ3n) is 3.11. The molecule has 4 nitrogen and oxygen atoms in total. The highest BCUT2D eigenvalue weighted by Gasteiger charge is 2.12. The van der Waals surface area contributed by atoms with Crippen LogP contribution in [0.25, 0.3) is 11.0 Å². The van der Waals surface area contributed by atoms with Gasteiger partial charge >= 0.3 is 0 Å². The van der Waals surface area contributed by atoms with Gasteiger partial charge < -0.3 is 15.0 Å². The van der Waals surface area contributed by atoms with Gasteiger partial charge in [-0.3, -0.25) is 0 Å². The van der Waals surface area contributed by atoms with Gasteiger partial charge in [0.15, 0.2) is 0 Å². The van der Waals surface area contributed by atoms with Crippen LogP contribution in [0.15, 0.2) is 18.2 Å². The highest BCUT2D eigenvalue weighted by Crippen LogP contribution is 2.20. The van der Waals surface area contributed by atoms with Gasteiger partial charge in [0.05, 0.1) is 11.0 Å². The fourth-order valence-electron chi connectivity index (χ4n) is 2.22. The molecule has 0 aliphatic carbocycles. The summed E-state index contributed by atoms with van der Waals surface area (Å²) < 4.78 is 7.78. The van der Waals surface area contributed by atoms with Gasteiger partial charge in [0.2, 0.25) is 0 Å². The van der Waals surface area contributed by atoms with Crippen LogP contribution >= 0.6 is 0 Å². The monoisotopic (exact) mass is 261 g/mol. The Morgan fingerprint density at radius 2 is 2.16 bits per heavy atom. The first-order valence-electron chi connectivity index (χ1n) is 6.91. The summed E-state index contributed by atoms with van der Waals surface area (Å²) in [4.78, 5) is 4.69. The lowest BCUT2D eigenvalue weighted by Crippen LogP contribution is -2.09. The summed E-state index contributed by atoms with van der Waals surface area (Å²) in [7, 11) is 0. The highest BCUT2D eigenvalue weighted by atomic mass is 16.5. The van der Waals surface area contributed by atoms with Crippen molar-refractivity contribution in [2.45, 2.75) is 40.5 Å². The first kappa shape index (κ1) is 14.0. The second kappa shape index (κ2) is 6.17. The first-order chi connectivity index (χ1) is 9.15. The summed E-state index contributed by atoms with van der Waals surface area (Å²) in [5, 5.41) is 0. The van der Waals surface area contributed by atoms with Gasteiger partial charge in [-0.1, -0.05) is 19.9 Å². The number of nitrogens with two attached hydrogens (primary N) is 1. The van der Waals surface area contributed by atoms with Crippen LogP contribution in [-0.4, -0.2) is 16.2 Å². The molecule has 4 heteroatoms. The third-order valence-corrected chi connectivity index (χ3v) is 3.11. The van der Waals surface area contributed by atoms with E-state index in [-0.39, 0.29) is 0 Å². The minimum Gasteiger partial charge on any atom is -0.374 e. The van der Waals surface area contributed by atoms with E-state index in [9.17, 15) is 0 Å². The van der Waals surface area contributed by atoms with Crippen LogP contribution < -0.4 is 5.73 Å². The van der Waals surface area contributed by atoms with Gasteiger partial charge in [0, 0.05) is 19.7 Å². The van der Waals surface area contributed by atoms with E-state index in [1.165, 1.54) is 5.52 Å². The molecule has 0 bridgehead atoms. The van der Waals surface area contributed by atoms with Gasteiger partial charge in [0.25, 0.3) is 0 Å². The lowest BCUT2D eigenvalue weighted by atomic mass is 10.2. The van der Waals surface area contributed by atoms with Crippen molar-refractivity contribution in [2.24, 2.45) is 11.7 Å². The van der Waals surface area contributed by atoms with Crippen molar-refractivity contribution in [3.05, 3.63) is 29.6 Å². The van der Waals surface area contributed by atoms with Crippen molar-refractivity contribution in [1.29, 1.82) is 0 Å². The number of hydrogen-bond acceptors (Lipinski definition) is 3. The van der Waals surface area contributed by atoms with Gasteiger partial charge in [-0.25, -0.2) is 4.98 Å². The average Bonchev–Trinajstić information content (AvgIpc) is 2.73. The summed E-state index contributed by atoms with van der Waals surface area (Å²) >= 11 is 0. The first-order valence-corrected chi connectivity index (χ1v) is 6.91. The molecule has 0 spiro atoms. The quantitative estimate of drug-likeness (QED) is 0.869. The standard InChI is InChI=1S/C15H23N3O/c1-4-19-10-15-17-13-7-12(8-16)5-6-14(13)18(15)9-11(2)3/h5-7,11H,4,8-10,16H2,1-3H3. The topological polar surface area (TPSA) is 53.1 Å². The Morgan fingerprint density at radius 1 is 1.37 bits per heavy atom. The van der Waals surface area contributed by atoms with Crippen molar-refractivity contribution in [3.8, 4) is 0 Å². The van der Waals surface area contributed by atoms with Gasteiger partial charge in [-0.15, -0.1) is 0 Å². The van der Waals surface area contributed by atoms with Crippen molar-refractivity contribution < 1.29 is 4.74 Å². The zero-order chi connectivity index (χ0) is 13.8. The number of benzene rings is 1. The second-order valence-electron chi connectivity index (χ2n) is 5.20. The molecule has 0 fully saturated rings. The minimum absolute atomic E-state index is 0.549. The average molecular weight is 261 g/mol. The summed E-state index contributed by atoms with van der Waals surface area (Å²) in [6.45, 7) is 9.21. The van der Waals surface area contributed by atoms with Crippen LogP contribution in [0.2, 0.25) is 0 Å². The Morgan fingerprint density at radius 3 is 2.79 bits per heavy atom. The molecule has 2 N–H and O–H groups in total. The molecule has 1 aromatic carbocycles. The SMILES string of the molecule is CCOCc1nc2cc(CN)ccc2n1CC(C)C. The number of fused-ring (bicyclic) bond motifs is 1. The van der Waals surface area contributed by atoms with E-state index in [1.54, 1.807) is 0 Å². The number of hydrogen-bond donors (Lipinski definition) is 1. The molecule has 1 heterocycles. The lowest BCUT2D eigenvalue weighted by molar-refractivity contribution is 0.125. The maximum Gasteiger partial charge on any atom is 0.135 e. The molecule has 1 aromatic heterocycles. The Kier molecular flexibility index (Phi) is 4.56.